The van der Waals surface area contributed by atoms with Gasteiger partial charge in [0.15, 0.2) is 0 Å². The second kappa shape index (κ2) is 2.31. The van der Waals surface area contributed by atoms with Gasteiger partial charge in [-0.15, -0.1) is 0 Å². The first kappa shape index (κ1) is 6.96. The molecule has 0 bridgehead atoms. The summed E-state index contributed by atoms with van der Waals surface area (Å²) >= 11 is 0. The predicted octanol–water partition coefficient (Wildman–Crippen LogP) is 1.85. The van der Waals surface area contributed by atoms with E-state index in [1.165, 1.54) is 0 Å². The molecule has 1 radical (unpaired) electrons. The summed E-state index contributed by atoms with van der Waals surface area (Å²) in [5.74, 6) is 0. The summed E-state index contributed by atoms with van der Waals surface area (Å²) < 4.78 is 0. The fourth-order valence-corrected chi connectivity index (χ4v) is 0.102. The average Bonchev–Trinajstić information content (AvgIpc) is 1.68. The summed E-state index contributed by atoms with van der Waals surface area (Å²) in [5.41, 5.74) is 0.0278. The minimum Gasteiger partial charge on any atom is -0.236 e. The van der Waals surface area contributed by atoms with Crippen molar-refractivity contribution in [3.05, 3.63) is 0 Å². The number of hydrogen-bond acceptors (Lipinski definition) is 0. The van der Waals surface area contributed by atoms with Crippen molar-refractivity contribution in [2.45, 2.75) is 27.2 Å². The van der Waals surface area contributed by atoms with Crippen LogP contribution in [0.5, 0.6) is 0 Å². The van der Waals surface area contributed by atoms with Crippen molar-refractivity contribution in [2.75, 3.05) is 6.61 Å². The fraction of sp³-hybridized carbons (Fsp3) is 1.00. The van der Waals surface area contributed by atoms with Crippen molar-refractivity contribution in [3.63, 3.8) is 0 Å². The molecule has 0 saturated heterocycles. The van der Waals surface area contributed by atoms with Crippen LogP contribution in [0, 0.1) is 5.41 Å². The van der Waals surface area contributed by atoms with E-state index in [2.05, 4.69) is 0 Å². The van der Waals surface area contributed by atoms with Crippen molar-refractivity contribution in [3.8, 4) is 0 Å². The number of hydrogen-bond donors (Lipinski definition) is 0. The molecule has 0 saturated carbocycles. The van der Waals surface area contributed by atoms with Crippen molar-refractivity contribution in [1.82, 2.24) is 0 Å². The Hall–Kier alpha value is -0.0400. The third-order valence-electron chi connectivity index (χ3n) is 1.35. The Kier molecular flexibility index (Phi) is 2.30. The monoisotopic (exact) mass is 101 g/mol. The molecule has 0 aliphatic heterocycles. The van der Waals surface area contributed by atoms with E-state index in [0.29, 0.717) is 0 Å². The minimum atomic E-state index is 0.0278. The summed E-state index contributed by atoms with van der Waals surface area (Å²) in [7, 11) is 0. The van der Waals surface area contributed by atoms with E-state index in [9.17, 15) is 5.11 Å². The summed E-state index contributed by atoms with van der Waals surface area (Å²) in [5, 5.41) is 10.2. The van der Waals surface area contributed by atoms with Gasteiger partial charge in [-0.1, -0.05) is 20.8 Å². The highest BCUT2D eigenvalue weighted by atomic mass is 16.3. The molecule has 0 rings (SSSR count). The fourth-order valence-electron chi connectivity index (χ4n) is 0.102. The van der Waals surface area contributed by atoms with Crippen molar-refractivity contribution < 1.29 is 5.11 Å². The first-order valence-corrected chi connectivity index (χ1v) is 2.70. The lowest BCUT2D eigenvalue weighted by Crippen LogP contribution is -2.13. The van der Waals surface area contributed by atoms with Gasteiger partial charge in [-0.3, -0.25) is 0 Å². The first-order chi connectivity index (χ1) is 3.12. The molecule has 0 unspecified atom stereocenters. The van der Waals surface area contributed by atoms with Crippen LogP contribution in [0.3, 0.4) is 0 Å². The van der Waals surface area contributed by atoms with Crippen LogP contribution in [0.25, 0.3) is 0 Å². The van der Waals surface area contributed by atoms with E-state index in [1.54, 1.807) is 0 Å². The Morgan fingerprint density at radius 1 is 1.43 bits per heavy atom. The molecule has 0 aromatic rings. The van der Waals surface area contributed by atoms with E-state index in [1.807, 2.05) is 20.8 Å². The van der Waals surface area contributed by atoms with E-state index in [-0.39, 0.29) is 12.0 Å². The molecule has 0 aliphatic rings. The zero-order valence-electron chi connectivity index (χ0n) is 5.32. The Labute approximate surface area is 45.4 Å². The third-order valence-corrected chi connectivity index (χ3v) is 1.35. The zero-order chi connectivity index (χ0) is 5.91. The van der Waals surface area contributed by atoms with Gasteiger partial charge < -0.3 is 0 Å². The summed E-state index contributed by atoms with van der Waals surface area (Å²) in [6, 6.07) is 0. The Bertz CT molecular complexity index is 42.1. The van der Waals surface area contributed by atoms with Gasteiger partial charge in [-0.05, 0) is 11.8 Å². The Balaban J connectivity index is 3.36. The molecular weight excluding hydrogens is 88.1 g/mol. The SMILES string of the molecule is CCC(C)(C)C[O]. The normalized spacial score (nSPS) is 12.0. The van der Waals surface area contributed by atoms with Gasteiger partial charge in [0.2, 0.25) is 0 Å². The Morgan fingerprint density at radius 2 is 1.86 bits per heavy atom. The van der Waals surface area contributed by atoms with Gasteiger partial charge in [-0.25, -0.2) is 5.11 Å². The largest absolute Gasteiger partial charge is 0.236 e. The average molecular weight is 101 g/mol. The summed E-state index contributed by atoms with van der Waals surface area (Å²) in [4.78, 5) is 0. The first-order valence-electron chi connectivity index (χ1n) is 2.70. The van der Waals surface area contributed by atoms with Gasteiger partial charge in [-0.2, -0.15) is 0 Å². The van der Waals surface area contributed by atoms with Crippen molar-refractivity contribution >= 4 is 0 Å². The van der Waals surface area contributed by atoms with E-state index >= 15 is 0 Å². The summed E-state index contributed by atoms with van der Waals surface area (Å²) in [6.45, 7) is 6.06. The van der Waals surface area contributed by atoms with Gasteiger partial charge >= 0.3 is 0 Å². The maximum absolute atomic E-state index is 10.2. The van der Waals surface area contributed by atoms with Crippen LogP contribution in [0.1, 0.15) is 27.2 Å². The van der Waals surface area contributed by atoms with Gasteiger partial charge in [0, 0.05) is 0 Å². The van der Waals surface area contributed by atoms with Crippen molar-refractivity contribution in [2.24, 2.45) is 5.41 Å². The van der Waals surface area contributed by atoms with E-state index < -0.39 is 0 Å². The second-order valence-corrected chi connectivity index (χ2v) is 2.66. The lowest BCUT2D eigenvalue weighted by atomic mass is 9.92. The van der Waals surface area contributed by atoms with Crippen LogP contribution in [0.4, 0.5) is 0 Å². The van der Waals surface area contributed by atoms with Crippen LogP contribution in [0.15, 0.2) is 0 Å². The molecule has 1 nitrogen and oxygen atoms in total. The minimum absolute atomic E-state index is 0.0278. The van der Waals surface area contributed by atoms with E-state index in [4.69, 9.17) is 0 Å². The quantitative estimate of drug-likeness (QED) is 0.506. The molecule has 0 N–H and O–H groups in total. The topological polar surface area (TPSA) is 19.9 Å². The highest BCUT2D eigenvalue weighted by Crippen LogP contribution is 2.17. The maximum atomic E-state index is 10.2. The van der Waals surface area contributed by atoms with Crippen LogP contribution in [-0.2, 0) is 5.11 Å². The third kappa shape index (κ3) is 2.63. The molecule has 0 atom stereocenters. The molecular formula is C6H13O. The zero-order valence-corrected chi connectivity index (χ0v) is 5.32. The van der Waals surface area contributed by atoms with Crippen LogP contribution in [-0.4, -0.2) is 6.61 Å². The van der Waals surface area contributed by atoms with Gasteiger partial charge in [0.05, 0.1) is 6.61 Å². The maximum Gasteiger partial charge on any atom is 0.0873 e. The lowest BCUT2D eigenvalue weighted by Gasteiger charge is -2.15. The smallest absolute Gasteiger partial charge is 0.0873 e. The highest BCUT2D eigenvalue weighted by molar-refractivity contribution is 4.62. The Morgan fingerprint density at radius 3 is 1.86 bits per heavy atom. The van der Waals surface area contributed by atoms with Crippen LogP contribution < -0.4 is 0 Å². The van der Waals surface area contributed by atoms with Gasteiger partial charge in [0.1, 0.15) is 0 Å². The molecule has 0 aliphatic carbocycles. The van der Waals surface area contributed by atoms with Crippen LogP contribution in [0.2, 0.25) is 0 Å². The molecule has 43 valence electrons. The summed E-state index contributed by atoms with van der Waals surface area (Å²) in [6.07, 6.45) is 0.983. The molecule has 1 heteroatoms. The molecule has 0 fully saturated rings. The molecule has 0 amide bonds. The van der Waals surface area contributed by atoms with Crippen LogP contribution >= 0.6 is 0 Å². The lowest BCUT2D eigenvalue weighted by molar-refractivity contribution is 0.0906. The number of rotatable bonds is 2. The standard InChI is InChI=1S/C6H13O/c1-4-6(2,3)5-7/h4-5H2,1-3H3. The highest BCUT2D eigenvalue weighted by Gasteiger charge is 2.12. The van der Waals surface area contributed by atoms with Crippen molar-refractivity contribution in [1.29, 1.82) is 0 Å². The molecule has 0 aromatic carbocycles. The second-order valence-electron chi connectivity index (χ2n) is 2.66. The molecule has 7 heavy (non-hydrogen) atoms. The molecule has 0 aromatic heterocycles. The predicted molar refractivity (Wildman–Crippen MR) is 29.6 cm³/mol. The molecule has 0 spiro atoms. The van der Waals surface area contributed by atoms with Gasteiger partial charge in [0.25, 0.3) is 0 Å². The van der Waals surface area contributed by atoms with E-state index in [0.717, 1.165) is 6.42 Å². The molecule has 0 heterocycles.